The van der Waals surface area contributed by atoms with Crippen molar-refractivity contribution in [1.29, 1.82) is 0 Å². The lowest BCUT2D eigenvalue weighted by Crippen LogP contribution is -2.27. The normalized spacial score (nSPS) is 10.9. The summed E-state index contributed by atoms with van der Waals surface area (Å²) in [4.78, 5) is 6.68. The van der Waals surface area contributed by atoms with Crippen LogP contribution in [0.25, 0.3) is 0 Å². The topological polar surface area (TPSA) is 45.6 Å². The molecule has 0 saturated heterocycles. The van der Waals surface area contributed by atoms with Gasteiger partial charge in [-0.05, 0) is 19.9 Å². The fraction of sp³-hybridized carbons (Fsp3) is 0.615. The molecule has 0 aromatic carbocycles. The number of pyridine rings is 1. The molecule has 0 aliphatic carbocycles. The average Bonchev–Trinajstić information content (AvgIpc) is 2.29. The highest BCUT2D eigenvalue weighted by molar-refractivity contribution is 5.26. The summed E-state index contributed by atoms with van der Waals surface area (Å²) in [6.07, 6.45) is 1.07. The SMILES string of the molecule is CCCN(CCO)Cc1cc(OC)cc(C)n1. The summed E-state index contributed by atoms with van der Waals surface area (Å²) >= 11 is 0. The number of nitrogens with zero attached hydrogens (tertiary/aromatic N) is 2. The molecule has 0 bridgehead atoms. The number of ether oxygens (including phenoxy) is 1. The van der Waals surface area contributed by atoms with E-state index in [0.717, 1.165) is 36.6 Å². The molecule has 17 heavy (non-hydrogen) atoms. The maximum Gasteiger partial charge on any atom is 0.122 e. The molecule has 4 heteroatoms. The van der Waals surface area contributed by atoms with Gasteiger partial charge in [-0.2, -0.15) is 0 Å². The molecule has 0 aliphatic heterocycles. The fourth-order valence-corrected chi connectivity index (χ4v) is 1.86. The largest absolute Gasteiger partial charge is 0.497 e. The Morgan fingerprint density at radius 1 is 1.35 bits per heavy atom. The van der Waals surface area contributed by atoms with Crippen molar-refractivity contribution in [1.82, 2.24) is 9.88 Å². The summed E-state index contributed by atoms with van der Waals surface area (Å²) < 4.78 is 5.23. The molecular weight excluding hydrogens is 216 g/mol. The Labute approximate surface area is 103 Å². The van der Waals surface area contributed by atoms with Crippen LogP contribution in [0.3, 0.4) is 0 Å². The molecule has 96 valence electrons. The molecule has 1 N–H and O–H groups in total. The summed E-state index contributed by atoms with van der Waals surface area (Å²) in [7, 11) is 1.66. The van der Waals surface area contributed by atoms with Gasteiger partial charge in [0.2, 0.25) is 0 Å². The van der Waals surface area contributed by atoms with E-state index in [9.17, 15) is 0 Å². The van der Waals surface area contributed by atoms with Gasteiger partial charge in [-0.3, -0.25) is 9.88 Å². The van der Waals surface area contributed by atoms with Crippen LogP contribution in [0.1, 0.15) is 24.7 Å². The van der Waals surface area contributed by atoms with E-state index in [4.69, 9.17) is 9.84 Å². The monoisotopic (exact) mass is 238 g/mol. The first kappa shape index (κ1) is 13.9. The van der Waals surface area contributed by atoms with Crippen molar-refractivity contribution in [3.8, 4) is 5.75 Å². The molecular formula is C13H22N2O2. The smallest absolute Gasteiger partial charge is 0.122 e. The molecule has 1 heterocycles. The summed E-state index contributed by atoms with van der Waals surface area (Å²) in [5, 5.41) is 9.01. The minimum absolute atomic E-state index is 0.183. The van der Waals surface area contributed by atoms with E-state index in [1.807, 2.05) is 19.1 Å². The molecule has 1 aromatic rings. The summed E-state index contributed by atoms with van der Waals surface area (Å²) in [5.41, 5.74) is 1.95. The van der Waals surface area contributed by atoms with Gasteiger partial charge >= 0.3 is 0 Å². The lowest BCUT2D eigenvalue weighted by atomic mass is 10.2. The van der Waals surface area contributed by atoms with Crippen LogP contribution in [0.15, 0.2) is 12.1 Å². The molecule has 0 saturated carbocycles. The third kappa shape index (κ3) is 4.71. The van der Waals surface area contributed by atoms with Gasteiger partial charge in [0, 0.05) is 30.9 Å². The van der Waals surface area contributed by atoms with Crippen LogP contribution >= 0.6 is 0 Å². The highest BCUT2D eigenvalue weighted by Crippen LogP contribution is 2.14. The Kier molecular flexibility index (Phi) is 5.94. The third-order valence-corrected chi connectivity index (χ3v) is 2.56. The highest BCUT2D eigenvalue weighted by Gasteiger charge is 2.07. The van der Waals surface area contributed by atoms with Crippen molar-refractivity contribution in [2.24, 2.45) is 0 Å². The Hall–Kier alpha value is -1.13. The maximum atomic E-state index is 9.01. The zero-order valence-corrected chi connectivity index (χ0v) is 10.9. The third-order valence-electron chi connectivity index (χ3n) is 2.56. The molecule has 0 aliphatic rings. The van der Waals surface area contributed by atoms with Gasteiger partial charge in [0.25, 0.3) is 0 Å². The first-order chi connectivity index (χ1) is 8.19. The minimum atomic E-state index is 0.183. The number of aliphatic hydroxyl groups excluding tert-OH is 1. The molecule has 0 spiro atoms. The Balaban J connectivity index is 2.73. The van der Waals surface area contributed by atoms with Gasteiger partial charge in [-0.25, -0.2) is 0 Å². The van der Waals surface area contributed by atoms with Crippen LogP contribution < -0.4 is 4.74 Å². The second-order valence-corrected chi connectivity index (χ2v) is 4.14. The first-order valence-electron chi connectivity index (χ1n) is 6.04. The van der Waals surface area contributed by atoms with Crippen molar-refractivity contribution in [2.45, 2.75) is 26.8 Å². The number of aliphatic hydroxyl groups is 1. The summed E-state index contributed by atoms with van der Waals surface area (Å²) in [6, 6.07) is 3.87. The van der Waals surface area contributed by atoms with E-state index in [0.29, 0.717) is 6.54 Å². The van der Waals surface area contributed by atoms with E-state index >= 15 is 0 Å². The molecule has 1 aromatic heterocycles. The number of aromatic nitrogens is 1. The summed E-state index contributed by atoms with van der Waals surface area (Å²) in [6.45, 7) is 6.69. The number of hydrogen-bond donors (Lipinski definition) is 1. The van der Waals surface area contributed by atoms with E-state index in [-0.39, 0.29) is 6.61 Å². The van der Waals surface area contributed by atoms with Crippen LogP contribution in [0.2, 0.25) is 0 Å². The highest BCUT2D eigenvalue weighted by atomic mass is 16.5. The Morgan fingerprint density at radius 2 is 2.12 bits per heavy atom. The molecule has 0 radical (unpaired) electrons. The van der Waals surface area contributed by atoms with Crippen LogP contribution in [-0.4, -0.2) is 41.8 Å². The van der Waals surface area contributed by atoms with E-state index in [2.05, 4.69) is 16.8 Å². The van der Waals surface area contributed by atoms with Gasteiger partial charge in [0.1, 0.15) is 5.75 Å². The van der Waals surface area contributed by atoms with Crippen molar-refractivity contribution in [3.63, 3.8) is 0 Å². The standard InChI is InChI=1S/C13H22N2O2/c1-4-5-15(6-7-16)10-12-9-13(17-3)8-11(2)14-12/h8-9,16H,4-7,10H2,1-3H3. The van der Waals surface area contributed by atoms with Gasteiger partial charge < -0.3 is 9.84 Å². The second kappa shape index (κ2) is 7.25. The molecule has 0 amide bonds. The van der Waals surface area contributed by atoms with Crippen molar-refractivity contribution < 1.29 is 9.84 Å². The quantitative estimate of drug-likeness (QED) is 0.784. The number of methoxy groups -OCH3 is 1. The molecule has 1 rings (SSSR count). The van der Waals surface area contributed by atoms with E-state index in [1.54, 1.807) is 7.11 Å². The maximum absolute atomic E-state index is 9.01. The van der Waals surface area contributed by atoms with E-state index < -0.39 is 0 Å². The fourth-order valence-electron chi connectivity index (χ4n) is 1.86. The van der Waals surface area contributed by atoms with Crippen LogP contribution in [0.5, 0.6) is 5.75 Å². The number of rotatable bonds is 7. The molecule has 0 atom stereocenters. The predicted octanol–water partition coefficient (Wildman–Crippen LogP) is 1.60. The lowest BCUT2D eigenvalue weighted by molar-refractivity contribution is 0.189. The lowest BCUT2D eigenvalue weighted by Gasteiger charge is -2.20. The van der Waals surface area contributed by atoms with Crippen molar-refractivity contribution in [3.05, 3.63) is 23.5 Å². The average molecular weight is 238 g/mol. The van der Waals surface area contributed by atoms with Crippen molar-refractivity contribution in [2.75, 3.05) is 26.8 Å². The number of aryl methyl sites for hydroxylation is 1. The minimum Gasteiger partial charge on any atom is -0.497 e. The Bertz CT molecular complexity index is 336. The predicted molar refractivity (Wildman–Crippen MR) is 68.2 cm³/mol. The first-order valence-corrected chi connectivity index (χ1v) is 6.04. The number of hydrogen-bond acceptors (Lipinski definition) is 4. The van der Waals surface area contributed by atoms with Crippen LogP contribution in [-0.2, 0) is 6.54 Å². The zero-order chi connectivity index (χ0) is 12.7. The zero-order valence-electron chi connectivity index (χ0n) is 10.9. The molecule has 0 fully saturated rings. The van der Waals surface area contributed by atoms with Gasteiger partial charge in [0.15, 0.2) is 0 Å². The van der Waals surface area contributed by atoms with Gasteiger partial charge in [-0.15, -0.1) is 0 Å². The van der Waals surface area contributed by atoms with Gasteiger partial charge in [0.05, 0.1) is 19.4 Å². The van der Waals surface area contributed by atoms with Crippen LogP contribution in [0.4, 0.5) is 0 Å². The Morgan fingerprint density at radius 3 is 2.71 bits per heavy atom. The van der Waals surface area contributed by atoms with E-state index in [1.165, 1.54) is 0 Å². The second-order valence-electron chi connectivity index (χ2n) is 4.14. The molecule has 4 nitrogen and oxygen atoms in total. The van der Waals surface area contributed by atoms with Crippen LogP contribution in [0, 0.1) is 6.92 Å². The van der Waals surface area contributed by atoms with Gasteiger partial charge in [-0.1, -0.05) is 6.92 Å². The van der Waals surface area contributed by atoms with Crippen molar-refractivity contribution >= 4 is 0 Å². The summed E-state index contributed by atoms with van der Waals surface area (Å²) in [5.74, 6) is 0.841. The molecule has 0 unspecified atom stereocenters.